The predicted octanol–water partition coefficient (Wildman–Crippen LogP) is 3.97. The summed E-state index contributed by atoms with van der Waals surface area (Å²) >= 11 is 0. The van der Waals surface area contributed by atoms with Crippen LogP contribution in [-0.2, 0) is 4.79 Å². The van der Waals surface area contributed by atoms with Gasteiger partial charge in [-0.25, -0.2) is 0 Å². The molecular formula is C21H34N2O2. The molecule has 1 aliphatic heterocycles. The summed E-state index contributed by atoms with van der Waals surface area (Å²) < 4.78 is 5.33. The van der Waals surface area contributed by atoms with Gasteiger partial charge in [0.05, 0.1) is 7.11 Å². The zero-order chi connectivity index (χ0) is 18.6. The fourth-order valence-corrected chi connectivity index (χ4v) is 3.17. The Morgan fingerprint density at radius 3 is 2.36 bits per heavy atom. The Balaban J connectivity index is 1.89. The lowest BCUT2D eigenvalue weighted by atomic mass is 9.80. The molecule has 2 atom stereocenters. The molecule has 2 rings (SSSR count). The molecule has 4 nitrogen and oxygen atoms in total. The lowest BCUT2D eigenvalue weighted by Gasteiger charge is -2.39. The van der Waals surface area contributed by atoms with E-state index in [4.69, 9.17) is 4.74 Å². The maximum absolute atomic E-state index is 12.6. The average Bonchev–Trinajstić information content (AvgIpc) is 2.60. The standard InChI is InChI=1S/C21H34N2O2/c1-16(21(3,4)5)14-20(24)23-12-10-22(11-13-23)17(2)18-8-7-9-19(15-18)25-6/h7-9,15-17H,10-14H2,1-6H3. The van der Waals surface area contributed by atoms with Gasteiger partial charge < -0.3 is 9.64 Å². The Bertz CT molecular complexity index is 572. The third-order valence-corrected chi connectivity index (χ3v) is 5.75. The molecular weight excluding hydrogens is 312 g/mol. The molecule has 140 valence electrons. The largest absolute Gasteiger partial charge is 0.497 e. The molecule has 0 spiro atoms. The SMILES string of the molecule is COc1cccc(C(C)N2CCN(C(=O)CC(C)C(C)(C)C)CC2)c1. The number of benzene rings is 1. The second-order valence-corrected chi connectivity index (χ2v) is 8.34. The van der Waals surface area contributed by atoms with Crippen molar-refractivity contribution >= 4 is 5.91 Å². The monoisotopic (exact) mass is 346 g/mol. The number of nitrogens with zero attached hydrogens (tertiary/aromatic N) is 2. The van der Waals surface area contributed by atoms with Gasteiger partial charge in [0, 0.05) is 38.6 Å². The highest BCUT2D eigenvalue weighted by atomic mass is 16.5. The zero-order valence-corrected chi connectivity index (χ0v) is 16.7. The first kappa shape index (κ1) is 19.8. The van der Waals surface area contributed by atoms with Gasteiger partial charge in [0.1, 0.15) is 5.75 Å². The molecule has 0 bridgehead atoms. The Morgan fingerprint density at radius 2 is 1.80 bits per heavy atom. The van der Waals surface area contributed by atoms with Gasteiger partial charge in [0.15, 0.2) is 0 Å². The van der Waals surface area contributed by atoms with Crippen LogP contribution in [0.1, 0.15) is 52.6 Å². The van der Waals surface area contributed by atoms with Crippen LogP contribution in [0, 0.1) is 11.3 Å². The molecule has 0 N–H and O–H groups in total. The Kier molecular flexibility index (Phi) is 6.50. The second-order valence-electron chi connectivity index (χ2n) is 8.34. The number of carbonyl (C=O) groups excluding carboxylic acids is 1. The first-order chi connectivity index (χ1) is 11.7. The second kappa shape index (κ2) is 8.22. The van der Waals surface area contributed by atoms with Crippen molar-refractivity contribution in [1.82, 2.24) is 9.80 Å². The van der Waals surface area contributed by atoms with Crippen molar-refractivity contribution < 1.29 is 9.53 Å². The lowest BCUT2D eigenvalue weighted by Crippen LogP contribution is -2.49. The van der Waals surface area contributed by atoms with E-state index in [2.05, 4.69) is 51.7 Å². The summed E-state index contributed by atoms with van der Waals surface area (Å²) in [5, 5.41) is 0. The van der Waals surface area contributed by atoms with Crippen molar-refractivity contribution in [2.45, 2.75) is 47.1 Å². The molecule has 1 saturated heterocycles. The van der Waals surface area contributed by atoms with Crippen molar-refractivity contribution in [3.05, 3.63) is 29.8 Å². The van der Waals surface area contributed by atoms with Crippen molar-refractivity contribution in [2.75, 3.05) is 33.3 Å². The van der Waals surface area contributed by atoms with E-state index in [1.54, 1.807) is 7.11 Å². The molecule has 1 aromatic rings. The van der Waals surface area contributed by atoms with Gasteiger partial charge in [-0.15, -0.1) is 0 Å². The minimum atomic E-state index is 0.179. The van der Waals surface area contributed by atoms with Gasteiger partial charge in [-0.1, -0.05) is 39.8 Å². The predicted molar refractivity (Wildman–Crippen MR) is 103 cm³/mol. The summed E-state index contributed by atoms with van der Waals surface area (Å²) in [7, 11) is 1.70. The van der Waals surface area contributed by atoms with E-state index in [1.807, 2.05) is 17.0 Å². The molecule has 1 heterocycles. The molecule has 1 aromatic carbocycles. The molecule has 4 heteroatoms. The number of rotatable bonds is 5. The summed E-state index contributed by atoms with van der Waals surface area (Å²) in [6.07, 6.45) is 0.648. The maximum atomic E-state index is 12.6. The first-order valence-corrected chi connectivity index (χ1v) is 9.38. The van der Waals surface area contributed by atoms with Gasteiger partial charge in [-0.2, -0.15) is 0 Å². The fraction of sp³-hybridized carbons (Fsp3) is 0.667. The smallest absolute Gasteiger partial charge is 0.222 e. The van der Waals surface area contributed by atoms with Gasteiger partial charge in [-0.05, 0) is 36.0 Å². The molecule has 1 aliphatic rings. The molecule has 0 aromatic heterocycles. The summed E-state index contributed by atoms with van der Waals surface area (Å²) in [6.45, 7) is 14.5. The van der Waals surface area contributed by atoms with Crippen molar-refractivity contribution in [3.8, 4) is 5.75 Å². The van der Waals surface area contributed by atoms with Crippen LogP contribution >= 0.6 is 0 Å². The van der Waals surface area contributed by atoms with E-state index in [9.17, 15) is 4.79 Å². The highest BCUT2D eigenvalue weighted by Crippen LogP contribution is 2.29. The third kappa shape index (κ3) is 5.21. The fourth-order valence-electron chi connectivity index (χ4n) is 3.17. The first-order valence-electron chi connectivity index (χ1n) is 9.38. The summed E-state index contributed by atoms with van der Waals surface area (Å²) in [5.74, 6) is 1.60. The number of amides is 1. The highest BCUT2D eigenvalue weighted by Gasteiger charge is 2.28. The van der Waals surface area contributed by atoms with Gasteiger partial charge >= 0.3 is 0 Å². The number of carbonyl (C=O) groups is 1. The Labute approximate surface area is 153 Å². The van der Waals surface area contributed by atoms with Crippen LogP contribution in [0.5, 0.6) is 5.75 Å². The minimum Gasteiger partial charge on any atom is -0.497 e. The minimum absolute atomic E-state index is 0.179. The van der Waals surface area contributed by atoms with E-state index < -0.39 is 0 Å². The number of ether oxygens (including phenoxy) is 1. The van der Waals surface area contributed by atoms with E-state index in [0.29, 0.717) is 24.3 Å². The van der Waals surface area contributed by atoms with Crippen molar-refractivity contribution in [3.63, 3.8) is 0 Å². The molecule has 1 amide bonds. The van der Waals surface area contributed by atoms with E-state index >= 15 is 0 Å². The summed E-state index contributed by atoms with van der Waals surface area (Å²) in [4.78, 5) is 17.1. The molecule has 25 heavy (non-hydrogen) atoms. The number of piperazine rings is 1. The lowest BCUT2D eigenvalue weighted by molar-refractivity contribution is -0.135. The van der Waals surface area contributed by atoms with Crippen molar-refractivity contribution in [1.29, 1.82) is 0 Å². The quantitative estimate of drug-likeness (QED) is 0.809. The highest BCUT2D eigenvalue weighted by molar-refractivity contribution is 5.76. The van der Waals surface area contributed by atoms with E-state index in [1.165, 1.54) is 5.56 Å². The Hall–Kier alpha value is -1.55. The Morgan fingerprint density at radius 1 is 1.16 bits per heavy atom. The molecule has 0 aliphatic carbocycles. The van der Waals surface area contributed by atoms with Crippen LogP contribution < -0.4 is 4.74 Å². The molecule has 0 saturated carbocycles. The third-order valence-electron chi connectivity index (χ3n) is 5.75. The van der Waals surface area contributed by atoms with E-state index in [0.717, 1.165) is 31.9 Å². The normalized spacial score (nSPS) is 18.7. The molecule has 1 fully saturated rings. The number of hydrogen-bond acceptors (Lipinski definition) is 3. The zero-order valence-electron chi connectivity index (χ0n) is 16.7. The van der Waals surface area contributed by atoms with Gasteiger partial charge in [-0.3, -0.25) is 9.69 Å². The van der Waals surface area contributed by atoms with Gasteiger partial charge in [0.2, 0.25) is 5.91 Å². The average molecular weight is 347 g/mol. The number of hydrogen-bond donors (Lipinski definition) is 0. The van der Waals surface area contributed by atoms with Crippen LogP contribution in [-0.4, -0.2) is 49.0 Å². The maximum Gasteiger partial charge on any atom is 0.222 e. The van der Waals surface area contributed by atoms with Gasteiger partial charge in [0.25, 0.3) is 0 Å². The van der Waals surface area contributed by atoms with Crippen LogP contribution in [0.2, 0.25) is 0 Å². The molecule has 2 unspecified atom stereocenters. The summed E-state index contributed by atoms with van der Waals surface area (Å²) in [6, 6.07) is 8.60. The van der Waals surface area contributed by atoms with Crippen LogP contribution in [0.15, 0.2) is 24.3 Å². The van der Waals surface area contributed by atoms with Crippen LogP contribution in [0.25, 0.3) is 0 Å². The topological polar surface area (TPSA) is 32.8 Å². The molecule has 0 radical (unpaired) electrons. The van der Waals surface area contributed by atoms with Crippen LogP contribution in [0.3, 0.4) is 0 Å². The summed E-state index contributed by atoms with van der Waals surface area (Å²) in [5.41, 5.74) is 1.44. The van der Waals surface area contributed by atoms with E-state index in [-0.39, 0.29) is 5.41 Å². The number of methoxy groups -OCH3 is 1. The van der Waals surface area contributed by atoms with Crippen LogP contribution in [0.4, 0.5) is 0 Å². The van der Waals surface area contributed by atoms with Crippen molar-refractivity contribution in [2.24, 2.45) is 11.3 Å².